The second-order valence-electron chi connectivity index (χ2n) is 7.13. The number of carbonyl (C=O) groups excluding carboxylic acids is 2. The van der Waals surface area contributed by atoms with Gasteiger partial charge < -0.3 is 15.0 Å². The Morgan fingerprint density at radius 3 is 2.57 bits per heavy atom. The zero-order valence-electron chi connectivity index (χ0n) is 16.6. The van der Waals surface area contributed by atoms with Crippen LogP contribution in [0, 0.1) is 5.92 Å². The highest BCUT2D eigenvalue weighted by molar-refractivity contribution is 5.94. The molecule has 0 unspecified atom stereocenters. The number of rotatable bonds is 7. The molecule has 1 aliphatic heterocycles. The number of piperidine rings is 1. The molecular formula is C23H28N2O3. The number of hydrogen-bond donors (Lipinski definition) is 1. The van der Waals surface area contributed by atoms with E-state index >= 15 is 0 Å². The van der Waals surface area contributed by atoms with Gasteiger partial charge in [0.1, 0.15) is 5.75 Å². The summed E-state index contributed by atoms with van der Waals surface area (Å²) in [6.45, 7) is 2.75. The van der Waals surface area contributed by atoms with Crippen molar-refractivity contribution in [3.63, 3.8) is 0 Å². The van der Waals surface area contributed by atoms with Gasteiger partial charge in [0.2, 0.25) is 11.8 Å². The normalized spacial score (nSPS) is 19.4. The van der Waals surface area contributed by atoms with Crippen LogP contribution in [0.4, 0.5) is 5.69 Å². The van der Waals surface area contributed by atoms with Crippen molar-refractivity contribution in [3.05, 3.63) is 60.2 Å². The molecule has 0 spiro atoms. The van der Waals surface area contributed by atoms with Crippen molar-refractivity contribution in [1.29, 1.82) is 0 Å². The minimum Gasteiger partial charge on any atom is -0.496 e. The summed E-state index contributed by atoms with van der Waals surface area (Å²) in [7, 11) is 1.62. The molecule has 5 heteroatoms. The van der Waals surface area contributed by atoms with Crippen LogP contribution in [0.5, 0.6) is 5.75 Å². The highest BCUT2D eigenvalue weighted by atomic mass is 16.5. The van der Waals surface area contributed by atoms with Gasteiger partial charge in [-0.2, -0.15) is 0 Å². The first kappa shape index (κ1) is 19.9. The van der Waals surface area contributed by atoms with Crippen molar-refractivity contribution in [3.8, 4) is 5.75 Å². The summed E-state index contributed by atoms with van der Waals surface area (Å²) in [5, 5.41) is 3.02. The van der Waals surface area contributed by atoms with E-state index < -0.39 is 0 Å². The molecule has 0 aromatic heterocycles. The number of para-hydroxylation sites is 2. The van der Waals surface area contributed by atoms with Crippen LogP contribution in [0.1, 0.15) is 44.2 Å². The Balaban J connectivity index is 1.96. The van der Waals surface area contributed by atoms with Crippen LogP contribution >= 0.6 is 0 Å². The molecule has 1 aliphatic rings. The molecule has 148 valence electrons. The van der Waals surface area contributed by atoms with E-state index in [1.165, 1.54) is 0 Å². The summed E-state index contributed by atoms with van der Waals surface area (Å²) in [6.07, 6.45) is 2.82. The smallest absolute Gasteiger partial charge is 0.229 e. The first-order valence-electron chi connectivity index (χ1n) is 9.94. The fraction of sp³-hybridized carbons (Fsp3) is 0.391. The van der Waals surface area contributed by atoms with E-state index in [1.54, 1.807) is 7.11 Å². The molecule has 0 saturated carbocycles. The van der Waals surface area contributed by atoms with Gasteiger partial charge >= 0.3 is 0 Å². The van der Waals surface area contributed by atoms with Crippen molar-refractivity contribution in [2.75, 3.05) is 19.0 Å². The minimum atomic E-state index is -0.328. The van der Waals surface area contributed by atoms with Crippen LogP contribution in [0.15, 0.2) is 54.6 Å². The van der Waals surface area contributed by atoms with Crippen molar-refractivity contribution in [1.82, 2.24) is 4.90 Å². The summed E-state index contributed by atoms with van der Waals surface area (Å²) in [6, 6.07) is 16.8. The maximum atomic E-state index is 13.2. The van der Waals surface area contributed by atoms with Crippen LogP contribution in [0.3, 0.4) is 0 Å². The number of unbranched alkanes of at least 4 members (excludes halogenated alkanes) is 1. The van der Waals surface area contributed by atoms with Gasteiger partial charge in [-0.3, -0.25) is 9.59 Å². The highest BCUT2D eigenvalue weighted by Crippen LogP contribution is 2.41. The van der Waals surface area contributed by atoms with Crippen molar-refractivity contribution < 1.29 is 14.3 Å². The molecule has 2 atom stereocenters. The zero-order valence-corrected chi connectivity index (χ0v) is 16.6. The van der Waals surface area contributed by atoms with E-state index in [9.17, 15) is 9.59 Å². The van der Waals surface area contributed by atoms with Crippen LogP contribution in [-0.4, -0.2) is 30.4 Å². The predicted molar refractivity (Wildman–Crippen MR) is 110 cm³/mol. The number of benzene rings is 2. The topological polar surface area (TPSA) is 58.6 Å². The van der Waals surface area contributed by atoms with Crippen molar-refractivity contribution in [2.45, 2.75) is 38.6 Å². The molecule has 1 N–H and O–H groups in total. The standard InChI is InChI=1S/C23H28N2O3/c1-3-4-16-25-21(26)15-14-19(23(27)24-17-10-6-5-7-11-17)22(25)18-12-8-9-13-20(18)28-2/h5-13,19,22H,3-4,14-16H2,1-2H3,(H,24,27)/t19-,22+/m0/s1. The number of anilines is 1. The molecule has 1 fully saturated rings. The Bertz CT molecular complexity index is 807. The van der Waals surface area contributed by atoms with Gasteiger partial charge in [-0.1, -0.05) is 49.7 Å². The van der Waals surface area contributed by atoms with Gasteiger partial charge in [-0.25, -0.2) is 0 Å². The maximum Gasteiger partial charge on any atom is 0.229 e. The Morgan fingerprint density at radius 2 is 1.86 bits per heavy atom. The summed E-state index contributed by atoms with van der Waals surface area (Å²) in [5.74, 6) is 0.427. The van der Waals surface area contributed by atoms with Gasteiger partial charge in [-0.15, -0.1) is 0 Å². The number of likely N-dealkylation sites (tertiary alicyclic amines) is 1. The Kier molecular flexibility index (Phi) is 6.69. The number of nitrogens with zero attached hydrogens (tertiary/aromatic N) is 1. The van der Waals surface area contributed by atoms with E-state index in [2.05, 4.69) is 12.2 Å². The monoisotopic (exact) mass is 380 g/mol. The number of methoxy groups -OCH3 is 1. The molecule has 1 heterocycles. The number of hydrogen-bond acceptors (Lipinski definition) is 3. The van der Waals surface area contributed by atoms with E-state index in [-0.39, 0.29) is 23.8 Å². The molecule has 0 radical (unpaired) electrons. The third kappa shape index (κ3) is 4.35. The van der Waals surface area contributed by atoms with E-state index in [0.717, 1.165) is 24.1 Å². The Morgan fingerprint density at radius 1 is 1.14 bits per heavy atom. The summed E-state index contributed by atoms with van der Waals surface area (Å²) >= 11 is 0. The Hall–Kier alpha value is -2.82. The molecular weight excluding hydrogens is 352 g/mol. The summed E-state index contributed by atoms with van der Waals surface area (Å²) < 4.78 is 5.56. The molecule has 0 aliphatic carbocycles. The summed E-state index contributed by atoms with van der Waals surface area (Å²) in [4.78, 5) is 27.8. The second kappa shape index (κ2) is 9.40. The van der Waals surface area contributed by atoms with Crippen molar-refractivity contribution in [2.24, 2.45) is 5.92 Å². The molecule has 3 rings (SSSR count). The Labute approximate surface area is 166 Å². The lowest BCUT2D eigenvalue weighted by Gasteiger charge is -2.41. The SMILES string of the molecule is CCCCN1C(=O)CC[C@H](C(=O)Nc2ccccc2)[C@H]1c1ccccc1OC. The quantitative estimate of drug-likeness (QED) is 0.774. The van der Waals surface area contributed by atoms with E-state index in [0.29, 0.717) is 25.1 Å². The fourth-order valence-corrected chi connectivity index (χ4v) is 3.87. The number of nitrogens with one attached hydrogen (secondary N) is 1. The van der Waals surface area contributed by atoms with Crippen LogP contribution < -0.4 is 10.1 Å². The largest absolute Gasteiger partial charge is 0.496 e. The first-order valence-corrected chi connectivity index (χ1v) is 9.94. The minimum absolute atomic E-state index is 0.0592. The van der Waals surface area contributed by atoms with Gasteiger partial charge in [0.05, 0.1) is 19.1 Å². The predicted octanol–water partition coefficient (Wildman–Crippen LogP) is 4.41. The van der Waals surface area contributed by atoms with E-state index in [4.69, 9.17) is 4.74 Å². The number of ether oxygens (including phenoxy) is 1. The maximum absolute atomic E-state index is 13.2. The van der Waals surface area contributed by atoms with Crippen LogP contribution in [0.2, 0.25) is 0 Å². The average molecular weight is 380 g/mol. The lowest BCUT2D eigenvalue weighted by Crippen LogP contribution is -2.47. The second-order valence-corrected chi connectivity index (χ2v) is 7.13. The van der Waals surface area contributed by atoms with Gasteiger partial charge in [0.15, 0.2) is 0 Å². The molecule has 5 nitrogen and oxygen atoms in total. The summed E-state index contributed by atoms with van der Waals surface area (Å²) in [5.41, 5.74) is 1.66. The third-order valence-electron chi connectivity index (χ3n) is 5.29. The van der Waals surface area contributed by atoms with E-state index in [1.807, 2.05) is 59.5 Å². The average Bonchev–Trinajstić information content (AvgIpc) is 2.73. The van der Waals surface area contributed by atoms with Gasteiger partial charge in [0.25, 0.3) is 0 Å². The molecule has 28 heavy (non-hydrogen) atoms. The lowest BCUT2D eigenvalue weighted by molar-refractivity contribution is -0.142. The van der Waals surface area contributed by atoms with Crippen LogP contribution in [-0.2, 0) is 9.59 Å². The number of amides is 2. The molecule has 2 amide bonds. The molecule has 2 aromatic rings. The van der Waals surface area contributed by atoms with Gasteiger partial charge in [0, 0.05) is 24.2 Å². The molecule has 2 aromatic carbocycles. The third-order valence-corrected chi connectivity index (χ3v) is 5.29. The lowest BCUT2D eigenvalue weighted by atomic mass is 9.83. The number of carbonyl (C=O) groups is 2. The molecule has 1 saturated heterocycles. The van der Waals surface area contributed by atoms with Gasteiger partial charge in [-0.05, 0) is 31.0 Å². The fourth-order valence-electron chi connectivity index (χ4n) is 3.87. The first-order chi connectivity index (χ1) is 13.7. The zero-order chi connectivity index (χ0) is 19.9. The molecule has 0 bridgehead atoms. The highest BCUT2D eigenvalue weighted by Gasteiger charge is 2.41. The van der Waals surface area contributed by atoms with Crippen molar-refractivity contribution >= 4 is 17.5 Å². The van der Waals surface area contributed by atoms with Crippen LogP contribution in [0.25, 0.3) is 0 Å².